The van der Waals surface area contributed by atoms with Crippen molar-refractivity contribution in [2.45, 2.75) is 112 Å². The van der Waals surface area contributed by atoms with Crippen LogP contribution in [0, 0.1) is 43.8 Å². The Hall–Kier alpha value is -3.79. The fraction of sp³-hybridized carbons (Fsp3) is 0.436. The molecule has 1 aromatic carbocycles. The van der Waals surface area contributed by atoms with Gasteiger partial charge in [-0.2, -0.15) is 39.3 Å². The minimum absolute atomic E-state index is 0.117. The van der Waals surface area contributed by atoms with Crippen LogP contribution in [0.4, 0.5) is 19.4 Å². The highest BCUT2D eigenvalue weighted by molar-refractivity contribution is 7.16. The Morgan fingerprint density at radius 1 is 0.638 bits per heavy atom. The van der Waals surface area contributed by atoms with Gasteiger partial charge in [-0.05, 0) is 96.8 Å². The molecular formula is C39H47FN4S3. The smallest absolute Gasteiger partial charge is 0.227 e. The van der Waals surface area contributed by atoms with E-state index in [1.165, 1.54) is 44.4 Å². The average molecular weight is 687 g/mol. The van der Waals surface area contributed by atoms with Crippen LogP contribution in [0.5, 0.6) is 0 Å². The summed E-state index contributed by atoms with van der Waals surface area (Å²) in [6.45, 7) is 48.0. The molecule has 3 heterocycles. The standard InChI is InChI=1S/C11H12FN.C10H13NS.2C9H11NS/c1-11(2,3)9-4-8(7-13)5-10(12)6-9;1-7-6-8(11-5)12-9(7)10(2,3)4;1-9(2,3)7-5-8(10-4)11-6-7;1-9(2,3)7-5-6-8(10-4)11-7/h4-6H,1-3H3;6H,1-4H3;2*5-6H,1-3H3. The molecule has 248 valence electrons. The van der Waals surface area contributed by atoms with Crippen molar-refractivity contribution < 1.29 is 4.39 Å². The molecule has 0 N–H and O–H groups in total. The highest BCUT2D eigenvalue weighted by Crippen LogP contribution is 2.37. The maximum Gasteiger partial charge on any atom is 0.241 e. The molecule has 0 bridgehead atoms. The van der Waals surface area contributed by atoms with E-state index >= 15 is 0 Å². The van der Waals surface area contributed by atoms with E-state index in [0.29, 0.717) is 5.56 Å². The molecule has 4 nitrogen and oxygen atoms in total. The maximum absolute atomic E-state index is 13.0. The number of rotatable bonds is 0. The molecule has 0 aliphatic carbocycles. The fourth-order valence-corrected chi connectivity index (χ4v) is 6.70. The van der Waals surface area contributed by atoms with Gasteiger partial charge in [0.15, 0.2) is 0 Å². The van der Waals surface area contributed by atoms with Crippen molar-refractivity contribution in [3.8, 4) is 6.07 Å². The number of nitriles is 1. The Morgan fingerprint density at radius 2 is 1.19 bits per heavy atom. The lowest BCUT2D eigenvalue weighted by Gasteiger charge is -2.18. The first-order chi connectivity index (χ1) is 21.5. The largest absolute Gasteiger partial charge is 0.241 e. The monoisotopic (exact) mass is 686 g/mol. The Balaban J connectivity index is 0.000000314. The number of aryl methyl sites for hydroxylation is 1. The number of hydrogen-bond donors (Lipinski definition) is 0. The molecule has 47 heavy (non-hydrogen) atoms. The fourth-order valence-electron chi connectivity index (χ4n) is 3.92. The Labute approximate surface area is 295 Å². The van der Waals surface area contributed by atoms with Crippen molar-refractivity contribution in [3.05, 3.63) is 120 Å². The molecule has 0 saturated carbocycles. The van der Waals surface area contributed by atoms with Gasteiger partial charge in [-0.1, -0.05) is 89.2 Å². The third-order valence-corrected chi connectivity index (χ3v) is 10.4. The van der Waals surface area contributed by atoms with E-state index in [1.54, 1.807) is 28.7 Å². The zero-order chi connectivity index (χ0) is 36.4. The zero-order valence-electron chi connectivity index (χ0n) is 30.0. The summed E-state index contributed by atoms with van der Waals surface area (Å²) in [7, 11) is 0. The van der Waals surface area contributed by atoms with E-state index in [2.05, 4.69) is 89.2 Å². The van der Waals surface area contributed by atoms with Crippen LogP contribution >= 0.6 is 34.0 Å². The lowest BCUT2D eigenvalue weighted by Crippen LogP contribution is -2.11. The Bertz CT molecular complexity index is 1720. The maximum atomic E-state index is 13.0. The summed E-state index contributed by atoms with van der Waals surface area (Å²) in [5.41, 5.74) is 4.17. The molecular weight excluding hydrogens is 640 g/mol. The SMILES string of the molecule is CC(C)(C)c1cc(F)cc(C#N)c1.[C-]#[N+]c1cc(C(C)(C)C)cs1.[C-]#[N+]c1cc(C)c(C(C)(C)C)s1.[C-]#[N+]c1ccc(C(C)(C)C)s1. The molecule has 0 aliphatic rings. The molecule has 4 aromatic rings. The van der Waals surface area contributed by atoms with Crippen LogP contribution in [0.3, 0.4) is 0 Å². The minimum Gasteiger partial charge on any atom is -0.227 e. The van der Waals surface area contributed by atoms with Crippen LogP contribution < -0.4 is 0 Å². The van der Waals surface area contributed by atoms with Crippen LogP contribution in [0.25, 0.3) is 14.5 Å². The van der Waals surface area contributed by atoms with Gasteiger partial charge in [0, 0.05) is 0 Å². The van der Waals surface area contributed by atoms with Crippen molar-refractivity contribution >= 4 is 49.0 Å². The van der Waals surface area contributed by atoms with Gasteiger partial charge in [-0.15, -0.1) is 0 Å². The third-order valence-electron chi connectivity index (χ3n) is 6.59. The predicted octanol–water partition coefficient (Wildman–Crippen LogP) is 14.1. The first kappa shape index (κ1) is 41.2. The molecule has 3 aromatic heterocycles. The molecule has 0 amide bonds. The first-order valence-electron chi connectivity index (χ1n) is 15.1. The van der Waals surface area contributed by atoms with Crippen molar-refractivity contribution in [3.63, 3.8) is 0 Å². The number of halogens is 1. The van der Waals surface area contributed by atoms with E-state index < -0.39 is 0 Å². The molecule has 0 aliphatic heterocycles. The van der Waals surface area contributed by atoms with Crippen molar-refractivity contribution in [2.24, 2.45) is 0 Å². The van der Waals surface area contributed by atoms with Crippen LogP contribution in [0.15, 0.2) is 47.8 Å². The molecule has 8 heteroatoms. The predicted molar refractivity (Wildman–Crippen MR) is 202 cm³/mol. The summed E-state index contributed by atoms with van der Waals surface area (Å²) < 4.78 is 13.0. The minimum atomic E-state index is -0.344. The lowest BCUT2D eigenvalue weighted by molar-refractivity contribution is 0.572. The van der Waals surface area contributed by atoms with Crippen LogP contribution in [-0.4, -0.2) is 0 Å². The zero-order valence-corrected chi connectivity index (χ0v) is 32.5. The average Bonchev–Trinajstić information content (AvgIpc) is 3.72. The van der Waals surface area contributed by atoms with Crippen molar-refractivity contribution in [2.75, 3.05) is 0 Å². The van der Waals surface area contributed by atoms with E-state index in [0.717, 1.165) is 20.6 Å². The first-order valence-corrected chi connectivity index (χ1v) is 17.6. The topological polar surface area (TPSA) is 36.9 Å². The van der Waals surface area contributed by atoms with E-state index in [-0.39, 0.29) is 27.5 Å². The Morgan fingerprint density at radius 3 is 1.51 bits per heavy atom. The van der Waals surface area contributed by atoms with Gasteiger partial charge in [-0.3, -0.25) is 0 Å². The summed E-state index contributed by atoms with van der Waals surface area (Å²) >= 11 is 4.72. The van der Waals surface area contributed by atoms with Gasteiger partial charge in [0.2, 0.25) is 15.0 Å². The van der Waals surface area contributed by atoms with Gasteiger partial charge in [-0.25, -0.2) is 18.9 Å². The number of benzene rings is 1. The molecule has 0 atom stereocenters. The molecule has 0 fully saturated rings. The summed E-state index contributed by atoms with van der Waals surface area (Å²) in [5.74, 6) is -0.344. The van der Waals surface area contributed by atoms with E-state index in [4.69, 9.17) is 25.0 Å². The van der Waals surface area contributed by atoms with Crippen LogP contribution in [-0.2, 0) is 21.7 Å². The second kappa shape index (κ2) is 16.9. The van der Waals surface area contributed by atoms with Crippen molar-refractivity contribution in [1.82, 2.24) is 0 Å². The highest BCUT2D eigenvalue weighted by atomic mass is 32.1. The second-order valence-electron chi connectivity index (χ2n) is 15.1. The van der Waals surface area contributed by atoms with E-state index in [9.17, 15) is 4.39 Å². The molecule has 4 rings (SSSR count). The molecule has 0 radical (unpaired) electrons. The van der Waals surface area contributed by atoms with Gasteiger partial charge in [0.05, 0.1) is 31.3 Å². The third kappa shape index (κ3) is 13.8. The van der Waals surface area contributed by atoms with E-state index in [1.807, 2.05) is 51.1 Å². The summed E-state index contributed by atoms with van der Waals surface area (Å²) in [6.07, 6.45) is 0. The summed E-state index contributed by atoms with van der Waals surface area (Å²) in [4.78, 5) is 12.8. The quantitative estimate of drug-likeness (QED) is 0.170. The summed E-state index contributed by atoms with van der Waals surface area (Å²) in [5, 5.41) is 13.1. The summed E-state index contributed by atoms with van der Waals surface area (Å²) in [6, 6.07) is 14.3. The molecule has 0 saturated heterocycles. The molecule has 0 unspecified atom stereocenters. The number of hydrogen-bond acceptors (Lipinski definition) is 4. The van der Waals surface area contributed by atoms with Gasteiger partial charge in [0.1, 0.15) is 5.82 Å². The highest BCUT2D eigenvalue weighted by Gasteiger charge is 2.19. The second-order valence-corrected chi connectivity index (χ2v) is 18.1. The van der Waals surface area contributed by atoms with Crippen molar-refractivity contribution in [1.29, 1.82) is 5.26 Å². The number of thiophene rings is 3. The molecule has 0 spiro atoms. The van der Waals surface area contributed by atoms with Gasteiger partial charge in [0.25, 0.3) is 0 Å². The lowest BCUT2D eigenvalue weighted by atomic mass is 9.86. The van der Waals surface area contributed by atoms with Gasteiger partial charge >= 0.3 is 0 Å². The Kier molecular flexibility index (Phi) is 14.8. The normalized spacial score (nSPS) is 11.1. The van der Waals surface area contributed by atoms with Crippen LogP contribution in [0.1, 0.15) is 115 Å². The van der Waals surface area contributed by atoms with Crippen LogP contribution in [0.2, 0.25) is 0 Å². The van der Waals surface area contributed by atoms with Gasteiger partial charge < -0.3 is 0 Å². The number of nitrogens with zero attached hydrogens (tertiary/aromatic N) is 4.